The van der Waals surface area contributed by atoms with Crippen molar-refractivity contribution in [2.24, 2.45) is 0 Å². The highest BCUT2D eigenvalue weighted by molar-refractivity contribution is 6.01. The highest BCUT2D eigenvalue weighted by Crippen LogP contribution is 2.16. The molecule has 2 amide bonds. The maximum atomic E-state index is 12.9. The minimum absolute atomic E-state index is 0.0258. The fraction of sp³-hybridized carbons (Fsp3) is 0.857. The molecule has 0 unspecified atom stereocenters. The van der Waals surface area contributed by atoms with Crippen molar-refractivity contribution in [3.05, 3.63) is 0 Å². The summed E-state index contributed by atoms with van der Waals surface area (Å²) < 4.78 is 21.6. The van der Waals surface area contributed by atoms with E-state index in [0.29, 0.717) is 43.9 Å². The number of imide groups is 1. The van der Waals surface area contributed by atoms with Crippen molar-refractivity contribution < 1.29 is 52.6 Å². The van der Waals surface area contributed by atoms with E-state index in [0.717, 1.165) is 25.7 Å². The van der Waals surface area contributed by atoms with E-state index in [-0.39, 0.29) is 50.2 Å². The third kappa shape index (κ3) is 29.1. The highest BCUT2D eigenvalue weighted by Gasteiger charge is 2.33. The summed E-state index contributed by atoms with van der Waals surface area (Å²) in [5, 5.41) is 3.81. The van der Waals surface area contributed by atoms with Gasteiger partial charge >= 0.3 is 17.9 Å². The molecule has 0 aromatic carbocycles. The lowest BCUT2D eigenvalue weighted by Gasteiger charge is -2.24. The van der Waals surface area contributed by atoms with Crippen molar-refractivity contribution in [3.8, 4) is 0 Å². The number of hydrogen-bond donors (Lipinski definition) is 1. The molecule has 0 saturated carbocycles. The lowest BCUT2D eigenvalue weighted by Crippen LogP contribution is -2.42. The van der Waals surface area contributed by atoms with Crippen LogP contribution in [0.25, 0.3) is 0 Å². The van der Waals surface area contributed by atoms with Crippen LogP contribution in [-0.4, -0.2) is 90.8 Å². The number of nitrogens with one attached hydrogen (secondary N) is 1. The molecule has 1 saturated heterocycles. The normalized spacial score (nSPS) is 14.0. The summed E-state index contributed by atoms with van der Waals surface area (Å²) in [7, 11) is 0. The molecule has 1 atom stereocenters. The van der Waals surface area contributed by atoms with E-state index in [1.807, 2.05) is 41.5 Å². The number of hydrogen-bond acceptors (Lipinski definition) is 12. The van der Waals surface area contributed by atoms with E-state index in [4.69, 9.17) is 23.8 Å². The van der Waals surface area contributed by atoms with Gasteiger partial charge in [0.15, 0.2) is 0 Å². The van der Waals surface area contributed by atoms with Gasteiger partial charge in [0, 0.05) is 38.7 Å². The number of carbonyl (C=O) groups is 6. The number of nitrogens with zero attached hydrogens (tertiary/aromatic N) is 1. The average molecular weight is 783 g/mol. The van der Waals surface area contributed by atoms with E-state index < -0.39 is 41.6 Å². The van der Waals surface area contributed by atoms with Gasteiger partial charge in [0.2, 0.25) is 0 Å². The SMILES string of the molecule is CC(C)(C)OC(=O)CCCCCCCCCCCCCCCCCN[C@@H](CCC(=O)CCCOCCOCC(=O)ON1C(=O)CCC1=O)C(=O)OC(C)(C)C. The van der Waals surface area contributed by atoms with Crippen molar-refractivity contribution in [1.29, 1.82) is 0 Å². The number of unbranched alkanes of at least 4 members (excludes halogenated alkanes) is 14. The Morgan fingerprint density at radius 2 is 1.07 bits per heavy atom. The van der Waals surface area contributed by atoms with Crippen LogP contribution in [0.4, 0.5) is 0 Å². The van der Waals surface area contributed by atoms with Gasteiger partial charge in [-0.3, -0.25) is 24.0 Å². The van der Waals surface area contributed by atoms with Crippen molar-refractivity contribution in [2.75, 3.05) is 33.0 Å². The molecule has 0 spiro atoms. The largest absolute Gasteiger partial charge is 0.460 e. The van der Waals surface area contributed by atoms with Crippen molar-refractivity contribution in [3.63, 3.8) is 0 Å². The number of amides is 2. The number of rotatable bonds is 33. The third-order valence-corrected chi connectivity index (χ3v) is 8.81. The van der Waals surface area contributed by atoms with Crippen LogP contribution in [0.5, 0.6) is 0 Å². The van der Waals surface area contributed by atoms with Gasteiger partial charge in [0.25, 0.3) is 11.8 Å². The van der Waals surface area contributed by atoms with Gasteiger partial charge in [-0.05, 0) is 73.8 Å². The number of Topliss-reactive ketones (excluding diaryl/α,β-unsaturated/α-hetero) is 1. The molecule has 1 fully saturated rings. The van der Waals surface area contributed by atoms with Gasteiger partial charge < -0.3 is 29.1 Å². The third-order valence-electron chi connectivity index (χ3n) is 8.81. The van der Waals surface area contributed by atoms with E-state index in [9.17, 15) is 28.8 Å². The summed E-state index contributed by atoms with van der Waals surface area (Å²) in [6.07, 6.45) is 20.0. The molecule has 1 N–H and O–H groups in total. The van der Waals surface area contributed by atoms with Crippen LogP contribution < -0.4 is 5.32 Å². The molecule has 1 rings (SSSR count). The summed E-state index contributed by atoms with van der Waals surface area (Å²) in [5.41, 5.74) is -1.00. The molecule has 13 nitrogen and oxygen atoms in total. The molecule has 1 heterocycles. The zero-order chi connectivity index (χ0) is 41.0. The van der Waals surface area contributed by atoms with Gasteiger partial charge in [-0.25, -0.2) is 4.79 Å². The standard InChI is InChI=1S/C42H74N2O11/c1-41(2,3)53-38(48)24-20-18-16-14-12-10-8-7-9-11-13-15-17-19-21-29-43-35(40(50)54-42(4,5)6)26-25-34(45)23-22-30-51-31-32-52-33-39(49)55-44-36(46)27-28-37(44)47/h35,43H,7-33H2,1-6H3/t35-/m0/s1. The fourth-order valence-electron chi connectivity index (χ4n) is 6.00. The first-order valence-electron chi connectivity index (χ1n) is 21.0. The monoisotopic (exact) mass is 783 g/mol. The smallest absolute Gasteiger partial charge is 0.358 e. The topological polar surface area (TPSA) is 164 Å². The maximum Gasteiger partial charge on any atom is 0.358 e. The number of hydroxylamine groups is 2. The zero-order valence-corrected chi connectivity index (χ0v) is 35.1. The van der Waals surface area contributed by atoms with E-state index >= 15 is 0 Å². The molecule has 0 bridgehead atoms. The summed E-state index contributed by atoms with van der Waals surface area (Å²) in [4.78, 5) is 76.6. The molecule has 0 aromatic heterocycles. The predicted octanol–water partition coefficient (Wildman–Crippen LogP) is 7.64. The second kappa shape index (κ2) is 29.4. The minimum Gasteiger partial charge on any atom is -0.460 e. The molecule has 1 aliphatic heterocycles. The summed E-state index contributed by atoms with van der Waals surface area (Å²) >= 11 is 0. The highest BCUT2D eigenvalue weighted by atomic mass is 16.7. The van der Waals surface area contributed by atoms with Gasteiger partial charge in [0.1, 0.15) is 29.6 Å². The van der Waals surface area contributed by atoms with Gasteiger partial charge in [-0.2, -0.15) is 0 Å². The first-order valence-corrected chi connectivity index (χ1v) is 21.0. The second-order valence-corrected chi connectivity index (χ2v) is 16.6. The van der Waals surface area contributed by atoms with Crippen LogP contribution in [0, 0.1) is 0 Å². The fourth-order valence-corrected chi connectivity index (χ4v) is 6.00. The molecule has 318 valence electrons. The molecule has 0 aliphatic carbocycles. The first kappa shape index (κ1) is 50.1. The summed E-state index contributed by atoms with van der Waals surface area (Å²) in [6.45, 7) is 12.2. The number of carbonyl (C=O) groups excluding carboxylic acids is 6. The van der Waals surface area contributed by atoms with E-state index in [1.165, 1.54) is 70.6 Å². The first-order chi connectivity index (χ1) is 26.1. The van der Waals surface area contributed by atoms with Crippen LogP contribution in [-0.2, 0) is 52.6 Å². The Hall–Kier alpha value is -2.90. The Kier molecular flexibility index (Phi) is 26.8. The van der Waals surface area contributed by atoms with Gasteiger partial charge in [-0.15, -0.1) is 5.06 Å². The zero-order valence-electron chi connectivity index (χ0n) is 35.1. The predicted molar refractivity (Wildman–Crippen MR) is 210 cm³/mol. The van der Waals surface area contributed by atoms with Crippen molar-refractivity contribution in [1.82, 2.24) is 10.4 Å². The molecule has 13 heteroatoms. The van der Waals surface area contributed by atoms with Crippen LogP contribution in [0.3, 0.4) is 0 Å². The quantitative estimate of drug-likeness (QED) is 0.0394. The molecule has 55 heavy (non-hydrogen) atoms. The van der Waals surface area contributed by atoms with E-state index in [2.05, 4.69) is 5.32 Å². The van der Waals surface area contributed by atoms with Crippen molar-refractivity contribution >= 4 is 35.5 Å². The number of ketones is 1. The lowest BCUT2D eigenvalue weighted by atomic mass is 10.0. The Balaban J connectivity index is 2.06. The summed E-state index contributed by atoms with van der Waals surface area (Å²) in [6, 6.07) is -0.533. The molecule has 0 radical (unpaired) electrons. The second-order valence-electron chi connectivity index (χ2n) is 16.6. The maximum absolute atomic E-state index is 12.9. The van der Waals surface area contributed by atoms with Gasteiger partial charge in [0.05, 0.1) is 13.2 Å². The summed E-state index contributed by atoms with van der Waals surface area (Å²) in [5.74, 6) is -2.31. The number of ether oxygens (including phenoxy) is 4. The molecule has 1 aliphatic rings. The molecule has 0 aromatic rings. The Bertz CT molecular complexity index is 1110. The number of esters is 2. The average Bonchev–Trinajstić information content (AvgIpc) is 3.40. The van der Waals surface area contributed by atoms with Crippen molar-refractivity contribution in [2.45, 2.75) is 200 Å². The van der Waals surface area contributed by atoms with Crippen LogP contribution in [0.2, 0.25) is 0 Å². The van der Waals surface area contributed by atoms with Crippen LogP contribution in [0.15, 0.2) is 0 Å². The van der Waals surface area contributed by atoms with Crippen LogP contribution >= 0.6 is 0 Å². The van der Waals surface area contributed by atoms with E-state index in [1.54, 1.807) is 0 Å². The molecular weight excluding hydrogens is 708 g/mol. The van der Waals surface area contributed by atoms with Gasteiger partial charge in [-0.1, -0.05) is 83.5 Å². The Morgan fingerprint density at radius 3 is 1.60 bits per heavy atom. The molecular formula is C42H74N2O11. The Morgan fingerprint density at radius 1 is 0.582 bits per heavy atom. The minimum atomic E-state index is -0.842. The lowest BCUT2D eigenvalue weighted by molar-refractivity contribution is -0.200. The van der Waals surface area contributed by atoms with Crippen LogP contribution in [0.1, 0.15) is 183 Å². The Labute approximate surface area is 330 Å².